The van der Waals surface area contributed by atoms with Crippen molar-refractivity contribution in [3.05, 3.63) is 64.1 Å². The van der Waals surface area contributed by atoms with Crippen LogP contribution in [-0.2, 0) is 16.0 Å². The van der Waals surface area contributed by atoms with Gasteiger partial charge in [0.1, 0.15) is 0 Å². The van der Waals surface area contributed by atoms with Crippen LogP contribution in [0.1, 0.15) is 24.8 Å². The summed E-state index contributed by atoms with van der Waals surface area (Å²) in [6.45, 7) is 0.947. The number of unbranched alkanes of at least 4 members (excludes halogenated alkanes) is 1. The van der Waals surface area contributed by atoms with Crippen molar-refractivity contribution >= 4 is 40.7 Å². The third-order valence-corrected chi connectivity index (χ3v) is 5.56. The maximum atomic E-state index is 12.4. The van der Waals surface area contributed by atoms with E-state index >= 15 is 0 Å². The molecule has 1 fully saturated rings. The second-order valence-corrected chi connectivity index (χ2v) is 7.50. The molecule has 142 valence electrons. The zero-order valence-electron chi connectivity index (χ0n) is 15.0. The molecule has 1 aliphatic rings. The average Bonchev–Trinajstić information content (AvgIpc) is 3.06. The summed E-state index contributed by atoms with van der Waals surface area (Å²) in [4.78, 5) is 26.3. The molecule has 0 radical (unpaired) electrons. The molecular formula is C21H22Cl2N2O2. The van der Waals surface area contributed by atoms with E-state index in [2.05, 4.69) is 17.4 Å². The van der Waals surface area contributed by atoms with Gasteiger partial charge in [0.25, 0.3) is 0 Å². The molecule has 6 heteroatoms. The minimum absolute atomic E-state index is 0.0799. The van der Waals surface area contributed by atoms with Gasteiger partial charge in [-0.2, -0.15) is 0 Å². The zero-order chi connectivity index (χ0) is 19.2. The minimum Gasteiger partial charge on any atom is -0.356 e. The molecule has 2 aromatic rings. The van der Waals surface area contributed by atoms with Crippen LogP contribution in [0.2, 0.25) is 10.0 Å². The lowest BCUT2D eigenvalue weighted by Gasteiger charge is -2.18. The van der Waals surface area contributed by atoms with Crippen LogP contribution < -0.4 is 10.2 Å². The van der Waals surface area contributed by atoms with Gasteiger partial charge in [0.15, 0.2) is 0 Å². The molecule has 0 saturated carbocycles. The Labute approximate surface area is 169 Å². The molecule has 1 N–H and O–H groups in total. The first kappa shape index (κ1) is 19.7. The number of nitrogens with zero attached hydrogens (tertiary/aromatic N) is 1. The number of aryl methyl sites for hydroxylation is 1. The van der Waals surface area contributed by atoms with Crippen molar-refractivity contribution in [3.8, 4) is 0 Å². The third-order valence-electron chi connectivity index (χ3n) is 4.75. The second kappa shape index (κ2) is 9.25. The smallest absolute Gasteiger partial charge is 0.227 e. The van der Waals surface area contributed by atoms with E-state index in [9.17, 15) is 9.59 Å². The number of rotatable bonds is 7. The van der Waals surface area contributed by atoms with Crippen molar-refractivity contribution in [2.45, 2.75) is 25.7 Å². The average molecular weight is 405 g/mol. The summed E-state index contributed by atoms with van der Waals surface area (Å²) in [5.74, 6) is -0.547. The number of carbonyl (C=O) groups excluding carboxylic acids is 2. The van der Waals surface area contributed by atoms with Gasteiger partial charge in [-0.3, -0.25) is 9.59 Å². The fourth-order valence-corrected chi connectivity index (χ4v) is 3.67. The standard InChI is InChI=1S/C21H22Cl2N2O2/c22-17-10-6-11-18(20(17)23)25-14-16(13-19(25)26)21(27)24-12-5-4-9-15-7-2-1-3-8-15/h1-3,6-8,10-11,16H,4-5,9,12-14H2,(H,24,27)/t16-/m0/s1. The fraction of sp³-hybridized carbons (Fsp3) is 0.333. The summed E-state index contributed by atoms with van der Waals surface area (Å²) in [5, 5.41) is 3.69. The summed E-state index contributed by atoms with van der Waals surface area (Å²) < 4.78 is 0. The monoisotopic (exact) mass is 404 g/mol. The highest BCUT2D eigenvalue weighted by atomic mass is 35.5. The van der Waals surface area contributed by atoms with Crippen molar-refractivity contribution in [2.75, 3.05) is 18.0 Å². The Morgan fingerprint density at radius 2 is 1.85 bits per heavy atom. The van der Waals surface area contributed by atoms with Gasteiger partial charge in [-0.05, 0) is 37.0 Å². The molecule has 0 aliphatic carbocycles. The summed E-state index contributed by atoms with van der Waals surface area (Å²) in [6, 6.07) is 15.5. The number of benzene rings is 2. The minimum atomic E-state index is -0.360. The zero-order valence-corrected chi connectivity index (χ0v) is 16.5. The molecular weight excluding hydrogens is 383 g/mol. The van der Waals surface area contributed by atoms with Gasteiger partial charge >= 0.3 is 0 Å². The Morgan fingerprint density at radius 1 is 1.07 bits per heavy atom. The van der Waals surface area contributed by atoms with E-state index in [0.29, 0.717) is 28.8 Å². The van der Waals surface area contributed by atoms with Gasteiger partial charge in [-0.25, -0.2) is 0 Å². The molecule has 3 rings (SSSR count). The summed E-state index contributed by atoms with van der Waals surface area (Å²) in [6.07, 6.45) is 3.11. The lowest BCUT2D eigenvalue weighted by molar-refractivity contribution is -0.126. The van der Waals surface area contributed by atoms with Gasteiger partial charge in [-0.1, -0.05) is 59.6 Å². The summed E-state index contributed by atoms with van der Waals surface area (Å²) in [5.41, 5.74) is 1.87. The van der Waals surface area contributed by atoms with E-state index in [1.165, 1.54) is 5.56 Å². The fourth-order valence-electron chi connectivity index (χ4n) is 3.27. The van der Waals surface area contributed by atoms with E-state index < -0.39 is 0 Å². The highest BCUT2D eigenvalue weighted by molar-refractivity contribution is 6.44. The predicted molar refractivity (Wildman–Crippen MR) is 109 cm³/mol. The Hall–Kier alpha value is -2.04. The lowest BCUT2D eigenvalue weighted by Crippen LogP contribution is -2.33. The van der Waals surface area contributed by atoms with Crippen LogP contribution in [0.15, 0.2) is 48.5 Å². The number of halogens is 2. The normalized spacial score (nSPS) is 16.6. The molecule has 4 nitrogen and oxygen atoms in total. The first-order valence-electron chi connectivity index (χ1n) is 9.12. The van der Waals surface area contributed by atoms with Crippen LogP contribution in [0.5, 0.6) is 0 Å². The number of amides is 2. The first-order valence-corrected chi connectivity index (χ1v) is 9.88. The van der Waals surface area contributed by atoms with Gasteiger partial charge in [-0.15, -0.1) is 0 Å². The van der Waals surface area contributed by atoms with E-state index in [1.807, 2.05) is 18.2 Å². The van der Waals surface area contributed by atoms with Crippen molar-refractivity contribution < 1.29 is 9.59 Å². The molecule has 1 heterocycles. The Kier molecular flexibility index (Phi) is 6.75. The summed E-state index contributed by atoms with van der Waals surface area (Å²) >= 11 is 12.2. The number of nitrogens with one attached hydrogen (secondary N) is 1. The van der Waals surface area contributed by atoms with Crippen LogP contribution in [-0.4, -0.2) is 24.9 Å². The van der Waals surface area contributed by atoms with E-state index in [4.69, 9.17) is 23.2 Å². The topological polar surface area (TPSA) is 49.4 Å². The number of hydrogen-bond donors (Lipinski definition) is 1. The molecule has 2 amide bonds. The van der Waals surface area contributed by atoms with Crippen LogP contribution in [0.3, 0.4) is 0 Å². The molecule has 27 heavy (non-hydrogen) atoms. The quantitative estimate of drug-likeness (QED) is 0.691. The molecule has 0 aromatic heterocycles. The molecule has 1 aliphatic heterocycles. The maximum absolute atomic E-state index is 12.4. The maximum Gasteiger partial charge on any atom is 0.227 e. The molecule has 0 bridgehead atoms. The Morgan fingerprint density at radius 3 is 2.63 bits per heavy atom. The van der Waals surface area contributed by atoms with Crippen LogP contribution in [0.25, 0.3) is 0 Å². The lowest BCUT2D eigenvalue weighted by atomic mass is 10.1. The van der Waals surface area contributed by atoms with E-state index in [-0.39, 0.29) is 24.2 Å². The molecule has 0 spiro atoms. The van der Waals surface area contributed by atoms with Crippen LogP contribution in [0.4, 0.5) is 5.69 Å². The Bertz CT molecular complexity index is 811. The number of anilines is 1. The van der Waals surface area contributed by atoms with Crippen LogP contribution in [0, 0.1) is 5.92 Å². The van der Waals surface area contributed by atoms with Crippen molar-refractivity contribution in [1.82, 2.24) is 5.32 Å². The van der Waals surface area contributed by atoms with Gasteiger partial charge in [0.05, 0.1) is 21.7 Å². The van der Waals surface area contributed by atoms with Crippen molar-refractivity contribution in [3.63, 3.8) is 0 Å². The molecule has 2 aromatic carbocycles. The highest BCUT2D eigenvalue weighted by Crippen LogP contribution is 2.35. The molecule has 1 saturated heterocycles. The van der Waals surface area contributed by atoms with Crippen molar-refractivity contribution in [1.29, 1.82) is 0 Å². The SMILES string of the molecule is O=C(NCCCCc1ccccc1)[C@H]1CC(=O)N(c2cccc(Cl)c2Cl)C1. The largest absolute Gasteiger partial charge is 0.356 e. The third kappa shape index (κ3) is 5.02. The number of carbonyl (C=O) groups is 2. The number of hydrogen-bond acceptors (Lipinski definition) is 2. The van der Waals surface area contributed by atoms with Gasteiger partial charge in [0.2, 0.25) is 11.8 Å². The van der Waals surface area contributed by atoms with Crippen LogP contribution >= 0.6 is 23.2 Å². The van der Waals surface area contributed by atoms with E-state index in [0.717, 1.165) is 19.3 Å². The van der Waals surface area contributed by atoms with Gasteiger partial charge in [0, 0.05) is 19.5 Å². The first-order chi connectivity index (χ1) is 13.1. The van der Waals surface area contributed by atoms with E-state index in [1.54, 1.807) is 23.1 Å². The van der Waals surface area contributed by atoms with Gasteiger partial charge < -0.3 is 10.2 Å². The predicted octanol–water partition coefficient (Wildman–Crippen LogP) is 4.49. The second-order valence-electron chi connectivity index (χ2n) is 6.71. The Balaban J connectivity index is 1.45. The van der Waals surface area contributed by atoms with Crippen molar-refractivity contribution in [2.24, 2.45) is 5.92 Å². The molecule has 0 unspecified atom stereocenters. The highest BCUT2D eigenvalue weighted by Gasteiger charge is 2.35. The summed E-state index contributed by atoms with van der Waals surface area (Å²) in [7, 11) is 0. The molecule has 1 atom stereocenters.